The third kappa shape index (κ3) is 4.83. The van der Waals surface area contributed by atoms with Gasteiger partial charge < -0.3 is 9.64 Å². The average Bonchev–Trinajstić information content (AvgIpc) is 3.15. The molecule has 1 aromatic heterocycles. The topological polar surface area (TPSA) is 63.9 Å². The minimum atomic E-state index is -0.716. The molecule has 1 atom stereocenters. The molecular formula is C27H28ClN3O3S. The summed E-state index contributed by atoms with van der Waals surface area (Å²) >= 11 is 7.84. The number of rotatable bonds is 7. The van der Waals surface area contributed by atoms with E-state index < -0.39 is 12.0 Å². The highest BCUT2D eigenvalue weighted by Crippen LogP contribution is 2.34. The number of thiazole rings is 1. The Labute approximate surface area is 213 Å². The molecule has 4 rings (SSSR count). The van der Waals surface area contributed by atoms with Crippen molar-refractivity contribution in [3.05, 3.63) is 95.6 Å². The van der Waals surface area contributed by atoms with Gasteiger partial charge >= 0.3 is 5.97 Å². The normalized spacial score (nSPS) is 15.6. The molecular weight excluding hydrogens is 482 g/mol. The van der Waals surface area contributed by atoms with Crippen LogP contribution >= 0.6 is 22.9 Å². The van der Waals surface area contributed by atoms with Crippen LogP contribution in [-0.2, 0) is 9.53 Å². The lowest BCUT2D eigenvalue weighted by atomic mass is 9.96. The maximum atomic E-state index is 13.7. The fraction of sp³-hybridized carbons (Fsp3) is 0.296. The molecule has 1 aliphatic rings. The summed E-state index contributed by atoms with van der Waals surface area (Å²) in [5.41, 5.74) is 3.33. The van der Waals surface area contributed by atoms with E-state index in [2.05, 4.69) is 35.9 Å². The van der Waals surface area contributed by atoms with Gasteiger partial charge in [0, 0.05) is 23.8 Å². The first-order valence-corrected chi connectivity index (χ1v) is 12.9. The Bertz CT molecular complexity index is 1450. The molecule has 2 heterocycles. The molecule has 6 nitrogen and oxygen atoms in total. The summed E-state index contributed by atoms with van der Waals surface area (Å²) in [5.74, 6) is -0.500. The van der Waals surface area contributed by atoms with Gasteiger partial charge in [0.15, 0.2) is 4.80 Å². The predicted molar refractivity (Wildman–Crippen MR) is 142 cm³/mol. The lowest BCUT2D eigenvalue weighted by molar-refractivity contribution is -0.139. The smallest absolute Gasteiger partial charge is 0.338 e. The van der Waals surface area contributed by atoms with Crippen molar-refractivity contribution < 1.29 is 9.53 Å². The molecule has 0 aliphatic carbocycles. The zero-order valence-electron chi connectivity index (χ0n) is 20.2. The maximum Gasteiger partial charge on any atom is 0.338 e. The van der Waals surface area contributed by atoms with Crippen LogP contribution in [0.4, 0.5) is 5.69 Å². The molecule has 0 N–H and O–H groups in total. The summed E-state index contributed by atoms with van der Waals surface area (Å²) in [5, 5.41) is 0.468. The summed E-state index contributed by atoms with van der Waals surface area (Å²) in [6.45, 7) is 9.84. The summed E-state index contributed by atoms with van der Waals surface area (Å²) in [4.78, 5) is 34.0. The number of aromatic nitrogens is 1. The van der Waals surface area contributed by atoms with Gasteiger partial charge in [-0.05, 0) is 63.1 Å². The number of hydrogen-bond acceptors (Lipinski definition) is 6. The molecule has 0 fully saturated rings. The summed E-state index contributed by atoms with van der Waals surface area (Å²) < 4.78 is 7.42. The minimum Gasteiger partial charge on any atom is -0.463 e. The van der Waals surface area contributed by atoms with Crippen molar-refractivity contribution in [2.24, 2.45) is 4.99 Å². The predicted octanol–water partition coefficient (Wildman–Crippen LogP) is 4.30. The van der Waals surface area contributed by atoms with Crippen LogP contribution in [0.2, 0.25) is 5.02 Å². The number of ether oxygens (including phenoxy) is 1. The zero-order chi connectivity index (χ0) is 25.1. The second kappa shape index (κ2) is 10.6. The SMILES string of the molecule is CCOC(=O)C1=C(C)N=c2s/c(=C\c3ccc(N(CC)CC)cc3)c(=O)n2C1c1ccccc1Cl. The van der Waals surface area contributed by atoms with Crippen molar-refractivity contribution in [3.8, 4) is 0 Å². The number of esters is 1. The van der Waals surface area contributed by atoms with Gasteiger partial charge in [-0.2, -0.15) is 0 Å². The summed E-state index contributed by atoms with van der Waals surface area (Å²) in [7, 11) is 0. The molecule has 182 valence electrons. The van der Waals surface area contributed by atoms with Crippen LogP contribution < -0.4 is 19.8 Å². The second-order valence-electron chi connectivity index (χ2n) is 8.09. The molecule has 2 aromatic carbocycles. The third-order valence-corrected chi connectivity index (χ3v) is 7.36. The van der Waals surface area contributed by atoms with Crippen LogP contribution in [-0.4, -0.2) is 30.2 Å². The van der Waals surface area contributed by atoms with Gasteiger partial charge in [0.05, 0.1) is 22.4 Å². The van der Waals surface area contributed by atoms with Gasteiger partial charge in [-0.15, -0.1) is 0 Å². The minimum absolute atomic E-state index is 0.221. The van der Waals surface area contributed by atoms with Crippen molar-refractivity contribution in [3.63, 3.8) is 0 Å². The maximum absolute atomic E-state index is 13.7. The lowest BCUT2D eigenvalue weighted by Gasteiger charge is -2.25. The Morgan fingerprint density at radius 2 is 1.83 bits per heavy atom. The van der Waals surface area contributed by atoms with Gasteiger partial charge in [0.2, 0.25) is 0 Å². The van der Waals surface area contributed by atoms with E-state index in [0.717, 1.165) is 24.3 Å². The third-order valence-electron chi connectivity index (χ3n) is 6.04. The van der Waals surface area contributed by atoms with E-state index in [-0.39, 0.29) is 12.2 Å². The van der Waals surface area contributed by atoms with Crippen LogP contribution in [0.5, 0.6) is 0 Å². The van der Waals surface area contributed by atoms with E-state index in [4.69, 9.17) is 16.3 Å². The Kier molecular flexibility index (Phi) is 7.57. The Morgan fingerprint density at radius 1 is 1.14 bits per heavy atom. The highest BCUT2D eigenvalue weighted by Gasteiger charge is 2.34. The first kappa shape index (κ1) is 24.9. The van der Waals surface area contributed by atoms with E-state index in [1.165, 1.54) is 11.3 Å². The standard InChI is InChI=1S/C27H28ClN3O3S/c1-5-30(6-2)19-14-12-18(13-15-19)16-22-25(32)31-24(20-10-8-9-11-21(20)28)23(26(33)34-7-3)17(4)29-27(31)35-22/h8-16,24H,5-7H2,1-4H3/b22-16-. The molecule has 0 saturated carbocycles. The number of halogens is 1. The molecule has 0 spiro atoms. The number of anilines is 1. The number of benzene rings is 2. The Morgan fingerprint density at radius 3 is 2.46 bits per heavy atom. The van der Waals surface area contributed by atoms with E-state index in [1.54, 1.807) is 24.5 Å². The van der Waals surface area contributed by atoms with Crippen molar-refractivity contribution in [1.29, 1.82) is 0 Å². The Hall–Kier alpha value is -3.16. The van der Waals surface area contributed by atoms with Gasteiger partial charge in [0.25, 0.3) is 5.56 Å². The number of allylic oxidation sites excluding steroid dienone is 1. The number of hydrogen-bond donors (Lipinski definition) is 0. The van der Waals surface area contributed by atoms with E-state index in [9.17, 15) is 9.59 Å². The van der Waals surface area contributed by atoms with E-state index in [0.29, 0.717) is 31.2 Å². The van der Waals surface area contributed by atoms with Crippen molar-refractivity contribution >= 4 is 40.7 Å². The molecule has 0 bridgehead atoms. The molecule has 0 amide bonds. The quantitative estimate of drug-likeness (QED) is 0.445. The van der Waals surface area contributed by atoms with Crippen LogP contribution in [0.15, 0.2) is 69.6 Å². The zero-order valence-corrected chi connectivity index (χ0v) is 21.8. The lowest BCUT2D eigenvalue weighted by Crippen LogP contribution is -2.40. The highest BCUT2D eigenvalue weighted by atomic mass is 35.5. The monoisotopic (exact) mass is 509 g/mol. The number of fused-ring (bicyclic) bond motifs is 1. The van der Waals surface area contributed by atoms with Crippen molar-refractivity contribution in [2.75, 3.05) is 24.6 Å². The van der Waals surface area contributed by atoms with Gasteiger partial charge in [-0.25, -0.2) is 9.79 Å². The fourth-order valence-electron chi connectivity index (χ4n) is 4.30. The molecule has 1 aliphatic heterocycles. The number of carbonyl (C=O) groups is 1. The largest absolute Gasteiger partial charge is 0.463 e. The van der Waals surface area contributed by atoms with Crippen molar-refractivity contribution in [2.45, 2.75) is 33.7 Å². The molecule has 0 saturated heterocycles. The van der Waals surface area contributed by atoms with E-state index >= 15 is 0 Å². The first-order chi connectivity index (χ1) is 16.9. The number of carbonyl (C=O) groups excluding carboxylic acids is 1. The summed E-state index contributed by atoms with van der Waals surface area (Å²) in [6.07, 6.45) is 1.86. The highest BCUT2D eigenvalue weighted by molar-refractivity contribution is 7.07. The van der Waals surface area contributed by atoms with Gasteiger partial charge in [0.1, 0.15) is 6.04 Å². The van der Waals surface area contributed by atoms with Crippen LogP contribution in [0.25, 0.3) is 6.08 Å². The Balaban J connectivity index is 1.87. The molecule has 0 radical (unpaired) electrons. The molecule has 8 heteroatoms. The average molecular weight is 510 g/mol. The molecule has 3 aromatic rings. The molecule has 1 unspecified atom stereocenters. The fourth-order valence-corrected chi connectivity index (χ4v) is 5.59. The van der Waals surface area contributed by atoms with Gasteiger partial charge in [-0.1, -0.05) is 53.3 Å². The van der Waals surface area contributed by atoms with Crippen LogP contribution in [0.3, 0.4) is 0 Å². The molecule has 35 heavy (non-hydrogen) atoms. The van der Waals surface area contributed by atoms with E-state index in [1.807, 2.05) is 36.4 Å². The van der Waals surface area contributed by atoms with Crippen molar-refractivity contribution in [1.82, 2.24) is 4.57 Å². The van der Waals surface area contributed by atoms with Crippen LogP contribution in [0, 0.1) is 0 Å². The van der Waals surface area contributed by atoms with Crippen LogP contribution in [0.1, 0.15) is 44.9 Å². The second-order valence-corrected chi connectivity index (χ2v) is 9.50. The summed E-state index contributed by atoms with van der Waals surface area (Å²) in [6, 6.07) is 14.7. The first-order valence-electron chi connectivity index (χ1n) is 11.7. The number of nitrogens with zero attached hydrogens (tertiary/aromatic N) is 3. The van der Waals surface area contributed by atoms with Gasteiger partial charge in [-0.3, -0.25) is 9.36 Å².